The van der Waals surface area contributed by atoms with E-state index in [0.717, 1.165) is 29.1 Å². The number of alkyl halides is 2. The molecule has 0 fully saturated rings. The summed E-state index contributed by atoms with van der Waals surface area (Å²) in [5.41, 5.74) is 4.13. The van der Waals surface area contributed by atoms with Crippen molar-refractivity contribution in [2.75, 3.05) is 13.2 Å². The van der Waals surface area contributed by atoms with E-state index in [4.69, 9.17) is 4.74 Å². The fraction of sp³-hybridized carbons (Fsp3) is 0.474. The Balaban J connectivity index is 0.00000392. The van der Waals surface area contributed by atoms with Crippen molar-refractivity contribution in [1.82, 2.24) is 20.4 Å². The highest BCUT2D eigenvalue weighted by atomic mass is 127. The first-order valence-corrected chi connectivity index (χ1v) is 8.91. The summed E-state index contributed by atoms with van der Waals surface area (Å²) in [4.78, 5) is 4.56. The van der Waals surface area contributed by atoms with Crippen LogP contribution in [0.1, 0.15) is 29.4 Å². The van der Waals surface area contributed by atoms with E-state index in [9.17, 15) is 8.78 Å². The molecule has 28 heavy (non-hydrogen) atoms. The number of rotatable bonds is 8. The zero-order chi connectivity index (χ0) is 19.8. The van der Waals surface area contributed by atoms with Crippen molar-refractivity contribution in [3.05, 3.63) is 46.8 Å². The van der Waals surface area contributed by atoms with Gasteiger partial charge in [-0.1, -0.05) is 12.1 Å². The van der Waals surface area contributed by atoms with Crippen LogP contribution in [0.3, 0.4) is 0 Å². The third-order valence-electron chi connectivity index (χ3n) is 4.13. The summed E-state index contributed by atoms with van der Waals surface area (Å²) in [5, 5.41) is 10.9. The molecule has 0 bridgehead atoms. The maximum atomic E-state index is 12.3. The summed E-state index contributed by atoms with van der Waals surface area (Å²) in [6.07, 6.45) is -2.49. The molecule has 0 radical (unpaired) electrons. The number of benzene rings is 1. The maximum Gasteiger partial charge on any atom is 0.272 e. The molecule has 156 valence electrons. The predicted molar refractivity (Wildman–Crippen MR) is 118 cm³/mol. The zero-order valence-corrected chi connectivity index (χ0v) is 19.0. The van der Waals surface area contributed by atoms with E-state index in [1.807, 2.05) is 38.6 Å². The minimum Gasteiger partial charge on any atom is -0.488 e. The lowest BCUT2D eigenvalue weighted by Gasteiger charge is -2.12. The van der Waals surface area contributed by atoms with Crippen molar-refractivity contribution in [1.29, 1.82) is 0 Å². The van der Waals surface area contributed by atoms with Crippen LogP contribution in [0, 0.1) is 13.8 Å². The van der Waals surface area contributed by atoms with Crippen LogP contribution in [0.4, 0.5) is 8.78 Å². The number of halogens is 3. The first kappa shape index (κ1) is 24.1. The fourth-order valence-corrected chi connectivity index (χ4v) is 2.65. The van der Waals surface area contributed by atoms with Gasteiger partial charge in [0, 0.05) is 31.4 Å². The number of ether oxygens (including phenoxy) is 1. The van der Waals surface area contributed by atoms with Gasteiger partial charge in [0.25, 0.3) is 6.43 Å². The predicted octanol–water partition coefficient (Wildman–Crippen LogP) is 3.55. The molecule has 2 N–H and O–H groups in total. The average Bonchev–Trinajstić information content (AvgIpc) is 2.88. The summed E-state index contributed by atoms with van der Waals surface area (Å²) in [5.74, 6) is 1.10. The molecule has 2 aromatic rings. The first-order valence-electron chi connectivity index (χ1n) is 8.91. The van der Waals surface area contributed by atoms with Gasteiger partial charge in [-0.15, -0.1) is 24.0 Å². The van der Waals surface area contributed by atoms with Crippen LogP contribution in [0.2, 0.25) is 0 Å². The molecule has 0 aliphatic rings. The Morgan fingerprint density at radius 2 is 2.04 bits per heavy atom. The van der Waals surface area contributed by atoms with Gasteiger partial charge in [-0.3, -0.25) is 4.68 Å². The maximum absolute atomic E-state index is 12.3. The Kier molecular flexibility index (Phi) is 10.2. The lowest BCUT2D eigenvalue weighted by Crippen LogP contribution is -2.37. The second-order valence-electron chi connectivity index (χ2n) is 6.17. The van der Waals surface area contributed by atoms with E-state index in [2.05, 4.69) is 20.7 Å². The molecular weight excluding hydrogens is 479 g/mol. The van der Waals surface area contributed by atoms with Crippen molar-refractivity contribution in [3.8, 4) is 5.75 Å². The summed E-state index contributed by atoms with van der Waals surface area (Å²) < 4.78 is 31.5. The molecule has 6 nitrogen and oxygen atoms in total. The number of hydrogen-bond acceptors (Lipinski definition) is 3. The highest BCUT2D eigenvalue weighted by Gasteiger charge is 2.10. The minimum atomic E-state index is -2.49. The quantitative estimate of drug-likeness (QED) is 0.326. The molecule has 1 aromatic heterocycles. The second kappa shape index (κ2) is 11.8. The summed E-state index contributed by atoms with van der Waals surface area (Å²) in [7, 11) is 1.92. The van der Waals surface area contributed by atoms with E-state index >= 15 is 0 Å². The highest BCUT2D eigenvalue weighted by molar-refractivity contribution is 14.0. The van der Waals surface area contributed by atoms with Crippen LogP contribution in [0.15, 0.2) is 29.3 Å². The third-order valence-corrected chi connectivity index (χ3v) is 4.13. The number of aryl methyl sites for hydroxylation is 2. The lowest BCUT2D eigenvalue weighted by atomic mass is 10.2. The monoisotopic (exact) mass is 507 g/mol. The largest absolute Gasteiger partial charge is 0.488 e. The molecule has 0 aliphatic heterocycles. The van der Waals surface area contributed by atoms with E-state index in [-0.39, 0.29) is 24.0 Å². The SMILES string of the molecule is CCNC(=NCc1cccc(OCC(F)F)c1)NCc1c(C)nn(C)c1C.I. The van der Waals surface area contributed by atoms with E-state index < -0.39 is 13.0 Å². The van der Waals surface area contributed by atoms with Crippen molar-refractivity contribution >= 4 is 29.9 Å². The number of nitrogens with zero attached hydrogens (tertiary/aromatic N) is 3. The van der Waals surface area contributed by atoms with Crippen LogP contribution >= 0.6 is 24.0 Å². The van der Waals surface area contributed by atoms with Gasteiger partial charge in [0.2, 0.25) is 0 Å². The molecule has 0 spiro atoms. The van der Waals surface area contributed by atoms with Gasteiger partial charge in [0.1, 0.15) is 12.4 Å². The van der Waals surface area contributed by atoms with Crippen molar-refractivity contribution in [2.45, 2.75) is 40.3 Å². The Labute approximate surface area is 181 Å². The van der Waals surface area contributed by atoms with Gasteiger partial charge < -0.3 is 15.4 Å². The van der Waals surface area contributed by atoms with Crippen LogP contribution in [-0.2, 0) is 20.1 Å². The number of nitrogens with one attached hydrogen (secondary N) is 2. The van der Waals surface area contributed by atoms with E-state index in [1.165, 1.54) is 0 Å². The summed E-state index contributed by atoms with van der Waals surface area (Å²) in [6.45, 7) is 7.16. The Bertz CT molecular complexity index is 780. The standard InChI is InChI=1S/C19H27F2N5O.HI/c1-5-22-19(24-11-17-13(2)25-26(4)14(17)3)23-10-15-7-6-8-16(9-15)27-12-18(20)21;/h6-9,18H,5,10-12H2,1-4H3,(H2,22,23,24);1H. The van der Waals surface area contributed by atoms with Gasteiger partial charge in [0.05, 0.1) is 12.2 Å². The molecule has 0 amide bonds. The molecular formula is C19H28F2IN5O. The Hall–Kier alpha value is -1.91. The molecule has 2 rings (SSSR count). The van der Waals surface area contributed by atoms with Gasteiger partial charge in [-0.25, -0.2) is 13.8 Å². The Morgan fingerprint density at radius 1 is 1.29 bits per heavy atom. The molecule has 0 saturated heterocycles. The van der Waals surface area contributed by atoms with Crippen LogP contribution in [0.5, 0.6) is 5.75 Å². The van der Waals surface area contributed by atoms with Gasteiger partial charge in [-0.05, 0) is 38.5 Å². The smallest absolute Gasteiger partial charge is 0.272 e. The summed E-state index contributed by atoms with van der Waals surface area (Å²) >= 11 is 0. The van der Waals surface area contributed by atoms with Crippen molar-refractivity contribution in [2.24, 2.45) is 12.0 Å². The lowest BCUT2D eigenvalue weighted by molar-refractivity contribution is 0.0818. The number of aromatic nitrogens is 2. The van der Waals surface area contributed by atoms with Gasteiger partial charge in [-0.2, -0.15) is 5.10 Å². The zero-order valence-electron chi connectivity index (χ0n) is 16.6. The number of guanidine groups is 1. The van der Waals surface area contributed by atoms with Crippen molar-refractivity contribution in [3.63, 3.8) is 0 Å². The molecule has 0 unspecified atom stereocenters. The van der Waals surface area contributed by atoms with E-state index in [1.54, 1.807) is 18.2 Å². The van der Waals surface area contributed by atoms with Gasteiger partial charge >= 0.3 is 0 Å². The van der Waals surface area contributed by atoms with E-state index in [0.29, 0.717) is 24.8 Å². The average molecular weight is 507 g/mol. The minimum absolute atomic E-state index is 0. The van der Waals surface area contributed by atoms with Gasteiger partial charge in [0.15, 0.2) is 5.96 Å². The van der Waals surface area contributed by atoms with Crippen LogP contribution in [-0.4, -0.2) is 35.3 Å². The van der Waals surface area contributed by atoms with Crippen LogP contribution in [0.25, 0.3) is 0 Å². The molecule has 0 aliphatic carbocycles. The molecule has 0 atom stereocenters. The number of aliphatic imine (C=N–C) groups is 1. The fourth-order valence-electron chi connectivity index (χ4n) is 2.65. The summed E-state index contributed by atoms with van der Waals surface area (Å²) in [6, 6.07) is 7.05. The molecule has 0 saturated carbocycles. The Morgan fingerprint density at radius 3 is 2.64 bits per heavy atom. The molecule has 9 heteroatoms. The normalized spacial score (nSPS) is 11.3. The number of hydrogen-bond donors (Lipinski definition) is 2. The second-order valence-corrected chi connectivity index (χ2v) is 6.17. The first-order chi connectivity index (χ1) is 12.9. The third kappa shape index (κ3) is 7.25. The topological polar surface area (TPSA) is 63.5 Å². The highest BCUT2D eigenvalue weighted by Crippen LogP contribution is 2.15. The van der Waals surface area contributed by atoms with Crippen molar-refractivity contribution < 1.29 is 13.5 Å². The van der Waals surface area contributed by atoms with Crippen LogP contribution < -0.4 is 15.4 Å². The molecule has 1 heterocycles. The molecule has 1 aromatic carbocycles.